The third-order valence-electron chi connectivity index (χ3n) is 3.59. The highest BCUT2D eigenvalue weighted by Gasteiger charge is 2.12. The predicted octanol–water partition coefficient (Wildman–Crippen LogP) is 3.95. The molecule has 6 heteroatoms. The minimum Gasteiger partial charge on any atom is -0.496 e. The van der Waals surface area contributed by atoms with Gasteiger partial charge in [-0.1, -0.05) is 35.1 Å². The van der Waals surface area contributed by atoms with Gasteiger partial charge in [-0.15, -0.1) is 0 Å². The second-order valence-electron chi connectivity index (χ2n) is 5.13. The molecule has 118 valence electrons. The summed E-state index contributed by atoms with van der Waals surface area (Å²) in [5.74, 6) is 0.192. The van der Waals surface area contributed by atoms with Crippen LogP contribution < -0.4 is 9.54 Å². The zero-order valence-electron chi connectivity index (χ0n) is 13.0. The summed E-state index contributed by atoms with van der Waals surface area (Å²) in [4.78, 5) is 17.4. The molecule has 0 bridgehead atoms. The van der Waals surface area contributed by atoms with Crippen molar-refractivity contribution in [1.82, 2.24) is 4.57 Å². The van der Waals surface area contributed by atoms with Crippen molar-refractivity contribution in [2.75, 3.05) is 7.11 Å². The van der Waals surface area contributed by atoms with Crippen LogP contribution in [0.25, 0.3) is 10.2 Å². The number of hydrogen-bond acceptors (Lipinski definition) is 3. The summed E-state index contributed by atoms with van der Waals surface area (Å²) in [5.41, 5.74) is 2.53. The van der Waals surface area contributed by atoms with Gasteiger partial charge in [-0.3, -0.25) is 4.79 Å². The summed E-state index contributed by atoms with van der Waals surface area (Å²) < 4.78 is 8.15. The smallest absolute Gasteiger partial charge is 0.283 e. The highest BCUT2D eigenvalue weighted by molar-refractivity contribution is 7.16. The maximum Gasteiger partial charge on any atom is 0.283 e. The Hall–Kier alpha value is -2.11. The molecule has 0 N–H and O–H groups in total. The van der Waals surface area contributed by atoms with Crippen LogP contribution in [-0.2, 0) is 7.05 Å². The number of amides is 1. The van der Waals surface area contributed by atoms with Crippen LogP contribution in [0, 0.1) is 6.92 Å². The lowest BCUT2D eigenvalue weighted by atomic mass is 10.2. The lowest BCUT2D eigenvalue weighted by molar-refractivity contribution is 0.0995. The quantitative estimate of drug-likeness (QED) is 0.705. The second kappa shape index (κ2) is 6.18. The van der Waals surface area contributed by atoms with Crippen molar-refractivity contribution in [3.8, 4) is 5.75 Å². The molecule has 3 aromatic rings. The van der Waals surface area contributed by atoms with Gasteiger partial charge in [-0.2, -0.15) is 4.99 Å². The molecule has 0 saturated carbocycles. The first-order chi connectivity index (χ1) is 11.0. The van der Waals surface area contributed by atoms with E-state index in [4.69, 9.17) is 16.3 Å². The van der Waals surface area contributed by atoms with E-state index in [1.807, 2.05) is 36.7 Å². The van der Waals surface area contributed by atoms with Crippen LogP contribution >= 0.6 is 22.9 Å². The van der Waals surface area contributed by atoms with Crippen LogP contribution in [0.1, 0.15) is 15.9 Å². The number of hydrogen-bond donors (Lipinski definition) is 0. The van der Waals surface area contributed by atoms with Crippen LogP contribution in [0.3, 0.4) is 0 Å². The largest absolute Gasteiger partial charge is 0.496 e. The molecule has 4 nitrogen and oxygen atoms in total. The van der Waals surface area contributed by atoms with E-state index in [-0.39, 0.29) is 5.91 Å². The predicted molar refractivity (Wildman–Crippen MR) is 93.4 cm³/mol. The molecule has 0 aliphatic rings. The summed E-state index contributed by atoms with van der Waals surface area (Å²) >= 11 is 7.55. The van der Waals surface area contributed by atoms with Gasteiger partial charge in [-0.25, -0.2) is 0 Å². The zero-order chi connectivity index (χ0) is 16.6. The Morgan fingerprint density at radius 1 is 1.30 bits per heavy atom. The molecule has 2 aromatic carbocycles. The third-order valence-corrected chi connectivity index (χ3v) is 4.89. The van der Waals surface area contributed by atoms with Gasteiger partial charge in [0, 0.05) is 12.1 Å². The van der Waals surface area contributed by atoms with E-state index in [1.165, 1.54) is 18.4 Å². The highest BCUT2D eigenvalue weighted by Crippen LogP contribution is 2.25. The third kappa shape index (κ3) is 2.90. The van der Waals surface area contributed by atoms with Gasteiger partial charge in [0.15, 0.2) is 4.80 Å². The van der Waals surface area contributed by atoms with Gasteiger partial charge in [0.05, 0.1) is 22.9 Å². The number of ether oxygens (including phenoxy) is 1. The van der Waals surface area contributed by atoms with E-state index < -0.39 is 0 Å². The lowest BCUT2D eigenvalue weighted by Gasteiger charge is -2.04. The summed E-state index contributed by atoms with van der Waals surface area (Å²) in [7, 11) is 3.44. The molecular formula is C17H15ClN2O2S. The molecule has 3 rings (SSSR count). The topological polar surface area (TPSA) is 43.6 Å². The minimum atomic E-state index is -0.326. The molecule has 0 unspecified atom stereocenters. The maximum atomic E-state index is 12.5. The number of methoxy groups -OCH3 is 1. The summed E-state index contributed by atoms with van der Waals surface area (Å²) in [6, 6.07) is 10.9. The Morgan fingerprint density at radius 3 is 2.78 bits per heavy atom. The van der Waals surface area contributed by atoms with Crippen LogP contribution in [0.4, 0.5) is 0 Å². The normalized spacial score (nSPS) is 11.9. The molecule has 1 amide bonds. The van der Waals surface area contributed by atoms with Crippen molar-refractivity contribution in [3.05, 3.63) is 57.3 Å². The number of nitrogens with zero attached hydrogens (tertiary/aromatic N) is 2. The summed E-state index contributed by atoms with van der Waals surface area (Å²) in [6.07, 6.45) is 0. The molecule has 0 saturated heterocycles. The Kier molecular flexibility index (Phi) is 4.24. The maximum absolute atomic E-state index is 12.5. The number of carbonyl (C=O) groups excluding carboxylic acids is 1. The SMILES string of the molecule is COc1ccccc1C(=O)N=c1sc2cc(Cl)cc(C)c2n1C. The average Bonchev–Trinajstić information content (AvgIpc) is 2.83. The number of carbonyl (C=O) groups is 1. The molecule has 0 fully saturated rings. The number of benzene rings is 2. The Labute approximate surface area is 142 Å². The molecule has 0 aliphatic heterocycles. The van der Waals surface area contributed by atoms with Crippen molar-refractivity contribution in [2.45, 2.75) is 6.92 Å². The molecule has 23 heavy (non-hydrogen) atoms. The van der Waals surface area contributed by atoms with E-state index in [2.05, 4.69) is 4.99 Å². The van der Waals surface area contributed by atoms with Crippen molar-refractivity contribution in [1.29, 1.82) is 0 Å². The fourth-order valence-electron chi connectivity index (χ4n) is 2.54. The van der Waals surface area contributed by atoms with Crippen LogP contribution in [0.15, 0.2) is 41.4 Å². The van der Waals surface area contributed by atoms with E-state index in [9.17, 15) is 4.79 Å². The van der Waals surface area contributed by atoms with E-state index in [0.717, 1.165) is 15.8 Å². The van der Waals surface area contributed by atoms with Gasteiger partial charge in [-0.05, 0) is 36.8 Å². The van der Waals surface area contributed by atoms with Gasteiger partial charge >= 0.3 is 0 Å². The number of aryl methyl sites for hydroxylation is 2. The van der Waals surface area contributed by atoms with Gasteiger partial charge in [0.2, 0.25) is 0 Å². The fourth-order valence-corrected chi connectivity index (χ4v) is 4.01. The molecule has 1 heterocycles. The van der Waals surface area contributed by atoms with E-state index in [0.29, 0.717) is 21.1 Å². The zero-order valence-corrected chi connectivity index (χ0v) is 14.5. The number of rotatable bonds is 2. The van der Waals surface area contributed by atoms with E-state index >= 15 is 0 Å². The fraction of sp³-hybridized carbons (Fsp3) is 0.176. The molecule has 0 radical (unpaired) electrons. The number of aromatic nitrogens is 1. The van der Waals surface area contributed by atoms with Crippen molar-refractivity contribution in [3.63, 3.8) is 0 Å². The van der Waals surface area contributed by atoms with Crippen LogP contribution in [0.5, 0.6) is 5.75 Å². The summed E-state index contributed by atoms with van der Waals surface area (Å²) in [6.45, 7) is 1.99. The van der Waals surface area contributed by atoms with Gasteiger partial charge < -0.3 is 9.30 Å². The van der Waals surface area contributed by atoms with Crippen LogP contribution in [0.2, 0.25) is 5.02 Å². The Balaban J connectivity index is 2.16. The monoisotopic (exact) mass is 346 g/mol. The number of para-hydroxylation sites is 1. The van der Waals surface area contributed by atoms with Gasteiger partial charge in [0.1, 0.15) is 5.75 Å². The van der Waals surface area contributed by atoms with Crippen LogP contribution in [-0.4, -0.2) is 17.6 Å². The average molecular weight is 347 g/mol. The van der Waals surface area contributed by atoms with Crippen molar-refractivity contribution >= 4 is 39.1 Å². The second-order valence-corrected chi connectivity index (χ2v) is 6.58. The van der Waals surface area contributed by atoms with Gasteiger partial charge in [0.25, 0.3) is 5.91 Å². The van der Waals surface area contributed by atoms with Crippen molar-refractivity contribution < 1.29 is 9.53 Å². The standard InChI is InChI=1S/C17H15ClN2O2S/c1-10-8-11(18)9-14-15(10)20(2)17(23-14)19-16(21)12-6-4-5-7-13(12)22-3/h4-9H,1-3H3. The molecule has 0 aliphatic carbocycles. The molecular weight excluding hydrogens is 332 g/mol. The Morgan fingerprint density at radius 2 is 2.04 bits per heavy atom. The first-order valence-electron chi connectivity index (χ1n) is 6.99. The number of halogens is 1. The van der Waals surface area contributed by atoms with Crippen molar-refractivity contribution in [2.24, 2.45) is 12.0 Å². The summed E-state index contributed by atoms with van der Waals surface area (Å²) in [5, 5.41) is 0.680. The molecule has 1 aromatic heterocycles. The minimum absolute atomic E-state index is 0.326. The lowest BCUT2D eigenvalue weighted by Crippen LogP contribution is -2.14. The van der Waals surface area contributed by atoms with E-state index in [1.54, 1.807) is 18.2 Å². The number of fused-ring (bicyclic) bond motifs is 1. The first-order valence-corrected chi connectivity index (χ1v) is 8.18. The highest BCUT2D eigenvalue weighted by atomic mass is 35.5. The number of thiazole rings is 1. The first kappa shape index (κ1) is 15.8. The molecule has 0 atom stereocenters. The molecule has 0 spiro atoms. The Bertz CT molecular complexity index is 972.